The van der Waals surface area contributed by atoms with Gasteiger partial charge < -0.3 is 0 Å². The molecule has 180 valence electrons. The molecule has 0 bridgehead atoms. The molecule has 2 heterocycles. The van der Waals surface area contributed by atoms with Crippen molar-refractivity contribution in [2.75, 3.05) is 5.32 Å². The summed E-state index contributed by atoms with van der Waals surface area (Å²) in [5.74, 6) is -4.89. The van der Waals surface area contributed by atoms with E-state index in [0.29, 0.717) is 27.5 Å². The van der Waals surface area contributed by atoms with Gasteiger partial charge in [0, 0.05) is 17.2 Å². The van der Waals surface area contributed by atoms with Crippen LogP contribution in [0.2, 0.25) is 0 Å². The summed E-state index contributed by atoms with van der Waals surface area (Å²) in [5, 5.41) is 13.4. The first kappa shape index (κ1) is 24.6. The number of aromatic nitrogens is 1. The van der Waals surface area contributed by atoms with E-state index in [-0.39, 0.29) is 26.0 Å². The minimum absolute atomic E-state index is 0.0565. The predicted octanol–water partition coefficient (Wildman–Crippen LogP) is 7.41. The number of benzene rings is 2. The summed E-state index contributed by atoms with van der Waals surface area (Å²) in [7, 11) is 0. The van der Waals surface area contributed by atoms with E-state index < -0.39 is 28.3 Å². The molecule has 0 saturated carbocycles. The highest BCUT2D eigenvalue weighted by Gasteiger charge is 2.22. The van der Waals surface area contributed by atoms with Gasteiger partial charge in [-0.1, -0.05) is 67.7 Å². The highest BCUT2D eigenvalue weighted by Crippen LogP contribution is 2.41. The molecule has 11 heteroatoms. The molecule has 0 saturated heterocycles. The number of rotatable bonds is 5. The van der Waals surface area contributed by atoms with Crippen molar-refractivity contribution in [2.24, 2.45) is 0 Å². The van der Waals surface area contributed by atoms with Gasteiger partial charge in [-0.2, -0.15) is 0 Å². The van der Waals surface area contributed by atoms with Crippen molar-refractivity contribution >= 4 is 38.7 Å². The molecule has 35 heavy (non-hydrogen) atoms. The van der Waals surface area contributed by atoms with Crippen molar-refractivity contribution in [2.45, 2.75) is 26.2 Å². The largest absolute Gasteiger partial charge is 0.324 e. The minimum atomic E-state index is -1.58. The molecule has 1 amide bonds. The maximum Gasteiger partial charge on any atom is 0.324 e. The van der Waals surface area contributed by atoms with Crippen LogP contribution in [0.1, 0.15) is 36.0 Å². The molecule has 0 radical (unpaired) electrons. The van der Waals surface area contributed by atoms with E-state index in [0.717, 1.165) is 29.0 Å². The van der Waals surface area contributed by atoms with Crippen molar-refractivity contribution < 1.29 is 22.9 Å². The maximum atomic E-state index is 14.0. The number of thiazole rings is 1. The normalized spacial score (nSPS) is 11.5. The van der Waals surface area contributed by atoms with E-state index in [9.17, 15) is 28.1 Å². The van der Waals surface area contributed by atoms with E-state index in [1.54, 1.807) is 0 Å². The van der Waals surface area contributed by atoms with Gasteiger partial charge in [-0.3, -0.25) is 20.2 Å². The Bertz CT molecular complexity index is 1420. The number of halogens is 3. The van der Waals surface area contributed by atoms with Crippen LogP contribution in [0.3, 0.4) is 0 Å². The number of nitrogens with zero attached hydrogens (tertiary/aromatic N) is 2. The predicted molar refractivity (Wildman–Crippen MR) is 130 cm³/mol. The van der Waals surface area contributed by atoms with E-state index >= 15 is 0 Å². The van der Waals surface area contributed by atoms with Gasteiger partial charge in [0.1, 0.15) is 0 Å². The standard InChI is InChI=1S/C24H18F3N3O3S2/c1-24(2,3)14-6-4-12(5-7-14)20-21(13-10-15(25)19(27)16(26)11-13)35-23(28-20)29-22(31)17-8-9-18(34-17)30(32)33/h4-11H,1-3H3,(H,28,29,31). The molecule has 0 fully saturated rings. The van der Waals surface area contributed by atoms with Crippen LogP contribution in [0.25, 0.3) is 21.7 Å². The second-order valence-electron chi connectivity index (χ2n) is 8.63. The molecule has 0 spiro atoms. The Morgan fingerprint density at radius 1 is 0.971 bits per heavy atom. The van der Waals surface area contributed by atoms with Crippen LogP contribution in [0, 0.1) is 27.6 Å². The first-order valence-corrected chi connectivity index (χ1v) is 11.9. The van der Waals surface area contributed by atoms with Crippen LogP contribution in [-0.4, -0.2) is 15.8 Å². The van der Waals surface area contributed by atoms with Crippen molar-refractivity contribution in [1.82, 2.24) is 4.98 Å². The number of carbonyl (C=O) groups excluding carboxylic acids is 1. The summed E-state index contributed by atoms with van der Waals surface area (Å²) in [6, 6.07) is 11.7. The highest BCUT2D eigenvalue weighted by atomic mass is 32.1. The lowest BCUT2D eigenvalue weighted by molar-refractivity contribution is -0.380. The molecule has 0 unspecified atom stereocenters. The molecule has 6 nitrogen and oxygen atoms in total. The summed E-state index contributed by atoms with van der Waals surface area (Å²) >= 11 is 1.65. The van der Waals surface area contributed by atoms with Crippen molar-refractivity contribution in [3.63, 3.8) is 0 Å². The van der Waals surface area contributed by atoms with Gasteiger partial charge in [-0.15, -0.1) is 0 Å². The SMILES string of the molecule is CC(C)(C)c1ccc(-c2nc(NC(=O)c3ccc([N+](=O)[O-])s3)sc2-c2cc(F)c(F)c(F)c2)cc1. The van der Waals surface area contributed by atoms with Gasteiger partial charge in [0.25, 0.3) is 5.91 Å². The van der Waals surface area contributed by atoms with Gasteiger partial charge in [-0.25, -0.2) is 18.2 Å². The average Bonchev–Trinajstić information content (AvgIpc) is 3.44. The smallest absolute Gasteiger partial charge is 0.297 e. The quantitative estimate of drug-likeness (QED) is 0.170. The van der Waals surface area contributed by atoms with Crippen LogP contribution in [0.15, 0.2) is 48.5 Å². The van der Waals surface area contributed by atoms with Crippen LogP contribution in [-0.2, 0) is 5.41 Å². The number of carbonyl (C=O) groups is 1. The molecule has 0 aliphatic carbocycles. The fraction of sp³-hybridized carbons (Fsp3) is 0.167. The number of hydrogen-bond donors (Lipinski definition) is 1. The molecule has 0 aliphatic heterocycles. The van der Waals surface area contributed by atoms with Crippen molar-refractivity contribution in [3.05, 3.63) is 86.5 Å². The number of nitrogens with one attached hydrogen (secondary N) is 1. The molecule has 4 aromatic rings. The van der Waals surface area contributed by atoms with E-state index in [4.69, 9.17) is 0 Å². The molecular formula is C24H18F3N3O3S2. The van der Waals surface area contributed by atoms with Gasteiger partial charge >= 0.3 is 5.00 Å². The fourth-order valence-corrected chi connectivity index (χ4v) is 4.97. The Morgan fingerprint density at radius 3 is 2.14 bits per heavy atom. The summed E-state index contributed by atoms with van der Waals surface area (Å²) in [5.41, 5.74) is 1.98. The van der Waals surface area contributed by atoms with Gasteiger partial charge in [0.2, 0.25) is 0 Å². The number of anilines is 1. The highest BCUT2D eigenvalue weighted by molar-refractivity contribution is 7.20. The summed E-state index contributed by atoms with van der Waals surface area (Å²) < 4.78 is 41.6. The lowest BCUT2D eigenvalue weighted by atomic mass is 9.86. The lowest BCUT2D eigenvalue weighted by Gasteiger charge is -2.19. The van der Waals surface area contributed by atoms with Gasteiger partial charge in [-0.05, 0) is 29.2 Å². The third kappa shape index (κ3) is 5.10. The Hall–Kier alpha value is -3.57. The van der Waals surface area contributed by atoms with Crippen molar-refractivity contribution in [1.29, 1.82) is 0 Å². The van der Waals surface area contributed by atoms with E-state index in [1.807, 2.05) is 24.3 Å². The summed E-state index contributed by atoms with van der Waals surface area (Å²) in [6.45, 7) is 6.18. The number of hydrogen-bond acceptors (Lipinski definition) is 6. The van der Waals surface area contributed by atoms with Crippen LogP contribution < -0.4 is 5.32 Å². The van der Waals surface area contributed by atoms with Crippen molar-refractivity contribution in [3.8, 4) is 21.7 Å². The third-order valence-corrected chi connectivity index (χ3v) is 7.17. The monoisotopic (exact) mass is 517 g/mol. The summed E-state index contributed by atoms with van der Waals surface area (Å²) in [4.78, 5) is 27.8. The molecule has 2 aromatic heterocycles. The van der Waals surface area contributed by atoms with Gasteiger partial charge in [0.05, 0.1) is 20.4 Å². The second-order valence-corrected chi connectivity index (χ2v) is 10.7. The first-order chi connectivity index (χ1) is 16.4. The molecule has 4 rings (SSSR count). The Labute approximate surface area is 206 Å². The Morgan fingerprint density at radius 2 is 1.60 bits per heavy atom. The van der Waals surface area contributed by atoms with Crippen LogP contribution in [0.4, 0.5) is 23.3 Å². The van der Waals surface area contributed by atoms with Gasteiger partial charge in [0.15, 0.2) is 22.6 Å². The Kier molecular flexibility index (Phi) is 6.48. The fourth-order valence-electron chi connectivity index (χ4n) is 3.29. The third-order valence-electron chi connectivity index (χ3n) is 5.11. The zero-order chi connectivity index (χ0) is 25.5. The Balaban J connectivity index is 1.76. The molecule has 1 N–H and O–H groups in total. The van der Waals surface area contributed by atoms with E-state index in [1.165, 1.54) is 12.1 Å². The molecule has 0 atom stereocenters. The molecular weight excluding hydrogens is 499 g/mol. The number of nitro groups is 1. The minimum Gasteiger partial charge on any atom is -0.297 e. The topological polar surface area (TPSA) is 85.1 Å². The first-order valence-electron chi connectivity index (χ1n) is 10.3. The number of amides is 1. The second kappa shape index (κ2) is 9.23. The van der Waals surface area contributed by atoms with Crippen LogP contribution in [0.5, 0.6) is 0 Å². The zero-order valence-electron chi connectivity index (χ0n) is 18.7. The molecule has 2 aromatic carbocycles. The maximum absolute atomic E-state index is 14.0. The lowest BCUT2D eigenvalue weighted by Crippen LogP contribution is -2.10. The zero-order valence-corrected chi connectivity index (χ0v) is 20.3. The van der Waals surface area contributed by atoms with Crippen LogP contribution >= 0.6 is 22.7 Å². The molecule has 0 aliphatic rings. The van der Waals surface area contributed by atoms with E-state index in [2.05, 4.69) is 31.1 Å². The number of thiophene rings is 1. The average molecular weight is 518 g/mol. The summed E-state index contributed by atoms with van der Waals surface area (Å²) in [6.07, 6.45) is 0.